The summed E-state index contributed by atoms with van der Waals surface area (Å²) in [6.45, 7) is 10.5. The normalized spacial score (nSPS) is 19.7. The molecule has 152 valence electrons. The topological polar surface area (TPSA) is 79.7 Å². The Balaban J connectivity index is 1.77. The minimum absolute atomic E-state index is 0.443. The molecule has 0 aromatic heterocycles. The third-order valence-electron chi connectivity index (χ3n) is 6.07. The molecule has 1 aliphatic heterocycles. The van der Waals surface area contributed by atoms with Gasteiger partial charge in [0.25, 0.3) is 0 Å². The molecule has 2 aromatic rings. The molecule has 0 spiro atoms. The van der Waals surface area contributed by atoms with E-state index in [-0.39, 0.29) is 0 Å². The highest BCUT2D eigenvalue weighted by Crippen LogP contribution is 2.40. The number of rotatable bonds is 6. The fraction of sp³-hybridized carbons (Fsp3) is 0.429. The number of nitrogens with two attached hydrogens (primary N) is 2. The van der Waals surface area contributed by atoms with Gasteiger partial charge in [0.2, 0.25) is 0 Å². The molecular formula is C21H32N2O3Si2. The molecule has 1 heterocycles. The van der Waals surface area contributed by atoms with E-state index in [1.807, 2.05) is 48.5 Å². The maximum atomic E-state index is 6.87. The summed E-state index contributed by atoms with van der Waals surface area (Å²) in [7, 11) is -3.17. The van der Waals surface area contributed by atoms with Gasteiger partial charge >= 0.3 is 0 Å². The maximum absolute atomic E-state index is 6.87. The molecule has 0 bridgehead atoms. The molecule has 2 aromatic carbocycles. The van der Waals surface area contributed by atoms with Crippen LogP contribution in [0.4, 0.5) is 11.4 Å². The lowest BCUT2D eigenvalue weighted by Gasteiger charge is -2.51. The third-order valence-corrected chi connectivity index (χ3v) is 22.6. The van der Waals surface area contributed by atoms with Gasteiger partial charge in [-0.3, -0.25) is 0 Å². The predicted octanol–water partition coefficient (Wildman–Crippen LogP) is 4.46. The Morgan fingerprint density at radius 1 is 0.821 bits per heavy atom. The molecule has 3 rings (SSSR count). The zero-order chi connectivity index (χ0) is 20.4. The van der Waals surface area contributed by atoms with E-state index >= 15 is 0 Å². The Morgan fingerprint density at radius 3 is 1.64 bits per heavy atom. The lowest BCUT2D eigenvalue weighted by molar-refractivity contribution is -0.0294. The number of benzene rings is 2. The quantitative estimate of drug-likeness (QED) is 0.537. The van der Waals surface area contributed by atoms with Crippen LogP contribution in [0.25, 0.3) is 0 Å². The van der Waals surface area contributed by atoms with Gasteiger partial charge in [0.05, 0.1) is 7.59 Å². The number of hydrogen-bond donors (Lipinski definition) is 2. The highest BCUT2D eigenvalue weighted by molar-refractivity contribution is 7.38. The SMILES string of the molecule is C[Si]1(C)CCC(COc2ccc(N)cc2)(COc2ccc(N)cc2)O[Si]1(C)C. The van der Waals surface area contributed by atoms with E-state index in [0.717, 1.165) is 29.3 Å². The first kappa shape index (κ1) is 20.8. The first-order chi connectivity index (χ1) is 13.1. The van der Waals surface area contributed by atoms with Crippen LogP contribution in [0.2, 0.25) is 32.2 Å². The molecule has 0 unspecified atom stereocenters. The molecule has 1 saturated heterocycles. The van der Waals surface area contributed by atoms with Gasteiger partial charge in [0.15, 0.2) is 7.83 Å². The number of ether oxygens (including phenoxy) is 2. The summed E-state index contributed by atoms with van der Waals surface area (Å²) < 4.78 is 19.1. The lowest BCUT2D eigenvalue weighted by Crippen LogP contribution is -2.67. The van der Waals surface area contributed by atoms with Crippen LogP contribution in [0, 0.1) is 0 Å². The summed E-state index contributed by atoms with van der Waals surface area (Å²) in [6.07, 6.45) is 0.951. The van der Waals surface area contributed by atoms with Crippen molar-refractivity contribution < 1.29 is 13.9 Å². The summed E-state index contributed by atoms with van der Waals surface area (Å²) in [4.78, 5) is 0. The molecule has 0 aliphatic carbocycles. The van der Waals surface area contributed by atoms with Crippen LogP contribution in [-0.4, -0.2) is 34.2 Å². The second kappa shape index (κ2) is 7.81. The Labute approximate surface area is 169 Å². The molecular weight excluding hydrogens is 384 g/mol. The van der Waals surface area contributed by atoms with E-state index < -0.39 is 21.0 Å². The van der Waals surface area contributed by atoms with Crippen LogP contribution in [0.3, 0.4) is 0 Å². The Kier molecular flexibility index (Phi) is 5.79. The molecule has 1 fully saturated rings. The van der Waals surface area contributed by atoms with Gasteiger partial charge in [0.1, 0.15) is 30.3 Å². The fourth-order valence-corrected chi connectivity index (χ4v) is 10.3. The van der Waals surface area contributed by atoms with Gasteiger partial charge in [-0.2, -0.15) is 0 Å². The first-order valence-electron chi connectivity index (χ1n) is 9.78. The van der Waals surface area contributed by atoms with Crippen molar-refractivity contribution in [3.05, 3.63) is 48.5 Å². The first-order valence-corrected chi connectivity index (χ1v) is 16.9. The predicted molar refractivity (Wildman–Crippen MR) is 121 cm³/mol. The van der Waals surface area contributed by atoms with Gasteiger partial charge in [-0.25, -0.2) is 0 Å². The van der Waals surface area contributed by atoms with E-state index in [1.54, 1.807) is 0 Å². The Morgan fingerprint density at radius 2 is 1.25 bits per heavy atom. The maximum Gasteiger partial charge on any atom is 0.175 e. The average Bonchev–Trinajstić information content (AvgIpc) is 2.64. The van der Waals surface area contributed by atoms with Crippen molar-refractivity contribution in [3.63, 3.8) is 0 Å². The van der Waals surface area contributed by atoms with Crippen LogP contribution < -0.4 is 20.9 Å². The Hall–Kier alpha value is -1.97. The standard InChI is InChI=1S/C21H32N2O3Si2/c1-27(2)14-13-21(26-28(27,3)4,15-24-19-9-5-17(22)6-10-19)16-25-20-11-7-18(23)8-12-20/h5-12H,13-16,22-23H2,1-4H3. The van der Waals surface area contributed by atoms with Crippen molar-refractivity contribution in [2.45, 2.75) is 44.3 Å². The van der Waals surface area contributed by atoms with E-state index in [0.29, 0.717) is 13.2 Å². The second-order valence-corrected chi connectivity index (χ2v) is 24.1. The highest BCUT2D eigenvalue weighted by Gasteiger charge is 2.53. The molecule has 0 saturated carbocycles. The van der Waals surface area contributed by atoms with E-state index in [1.165, 1.54) is 6.04 Å². The summed E-state index contributed by atoms with van der Waals surface area (Å²) in [5.41, 5.74) is 12.6. The smallest absolute Gasteiger partial charge is 0.175 e. The zero-order valence-electron chi connectivity index (χ0n) is 17.3. The summed E-state index contributed by atoms with van der Waals surface area (Å²) in [5.74, 6) is 1.59. The van der Waals surface area contributed by atoms with Crippen LogP contribution in [-0.2, 0) is 4.43 Å². The number of nitrogen functional groups attached to an aromatic ring is 2. The average molecular weight is 417 g/mol. The monoisotopic (exact) mass is 416 g/mol. The third kappa shape index (κ3) is 4.71. The lowest BCUT2D eigenvalue weighted by atomic mass is 10.0. The van der Waals surface area contributed by atoms with Crippen LogP contribution in [0.1, 0.15) is 6.42 Å². The van der Waals surface area contributed by atoms with Crippen molar-refractivity contribution in [1.82, 2.24) is 0 Å². The Bertz CT molecular complexity index is 743. The summed E-state index contributed by atoms with van der Waals surface area (Å²) in [6, 6.07) is 16.2. The molecule has 0 radical (unpaired) electrons. The molecule has 7 heteroatoms. The molecule has 1 aliphatic rings. The van der Waals surface area contributed by atoms with Crippen LogP contribution in [0.15, 0.2) is 48.5 Å². The van der Waals surface area contributed by atoms with Gasteiger partial charge in [-0.05, 0) is 68.0 Å². The molecule has 5 nitrogen and oxygen atoms in total. The molecule has 0 amide bonds. The summed E-state index contributed by atoms with van der Waals surface area (Å²) >= 11 is 0. The van der Waals surface area contributed by atoms with Crippen molar-refractivity contribution in [3.8, 4) is 11.5 Å². The second-order valence-electron chi connectivity index (χ2n) is 8.89. The number of hydrogen-bond acceptors (Lipinski definition) is 5. The minimum Gasteiger partial charge on any atom is -0.490 e. The van der Waals surface area contributed by atoms with Crippen LogP contribution in [0.5, 0.6) is 11.5 Å². The largest absolute Gasteiger partial charge is 0.490 e. The van der Waals surface area contributed by atoms with Gasteiger partial charge in [-0.15, -0.1) is 0 Å². The van der Waals surface area contributed by atoms with Crippen molar-refractivity contribution in [2.24, 2.45) is 0 Å². The molecule has 4 N–H and O–H groups in total. The van der Waals surface area contributed by atoms with Crippen molar-refractivity contribution in [2.75, 3.05) is 24.7 Å². The highest BCUT2D eigenvalue weighted by atomic mass is 29.3. The molecule has 28 heavy (non-hydrogen) atoms. The fourth-order valence-electron chi connectivity index (χ4n) is 3.37. The van der Waals surface area contributed by atoms with E-state index in [9.17, 15) is 0 Å². The van der Waals surface area contributed by atoms with E-state index in [2.05, 4.69) is 26.2 Å². The van der Waals surface area contributed by atoms with Crippen molar-refractivity contribution in [1.29, 1.82) is 0 Å². The zero-order valence-corrected chi connectivity index (χ0v) is 19.3. The van der Waals surface area contributed by atoms with Crippen LogP contribution >= 0.6 is 0 Å². The number of anilines is 2. The van der Waals surface area contributed by atoms with Crippen molar-refractivity contribution >= 4 is 26.8 Å². The van der Waals surface area contributed by atoms with E-state index in [4.69, 9.17) is 25.4 Å². The molecule has 0 atom stereocenters. The summed E-state index contributed by atoms with van der Waals surface area (Å²) in [5, 5.41) is 0. The van der Waals surface area contributed by atoms with Gasteiger partial charge in [0, 0.05) is 11.4 Å². The minimum atomic E-state index is -1.81. The van der Waals surface area contributed by atoms with Gasteiger partial charge < -0.3 is 25.4 Å². The van der Waals surface area contributed by atoms with Gasteiger partial charge in [-0.1, -0.05) is 19.1 Å².